The number of Topliss-reactive ketones (excluding diaryl/α,β-unsaturated/α-hetero) is 1. The molecule has 0 aliphatic carbocycles. The fraction of sp³-hybridized carbons (Fsp3) is 0.174. The Bertz CT molecular complexity index is 1740. The van der Waals surface area contributed by atoms with Crippen LogP contribution in [0.4, 0.5) is 0 Å². The summed E-state index contributed by atoms with van der Waals surface area (Å²) in [6.45, 7) is 1.80. The summed E-state index contributed by atoms with van der Waals surface area (Å²) >= 11 is 6.67. The molecular formula is C23H19ClN2O6S3. The van der Waals surface area contributed by atoms with Crippen LogP contribution < -0.4 is 5.56 Å². The zero-order chi connectivity index (χ0) is 25.5. The molecule has 3 aromatic heterocycles. The molecule has 0 radical (unpaired) electrons. The summed E-state index contributed by atoms with van der Waals surface area (Å²) in [6.07, 6.45) is 3.49. The number of rotatable bonds is 7. The van der Waals surface area contributed by atoms with Gasteiger partial charge in [0.05, 0.1) is 9.23 Å². The van der Waals surface area contributed by atoms with E-state index >= 15 is 0 Å². The first-order valence-corrected chi connectivity index (χ1v) is 14.9. The third-order valence-corrected chi connectivity index (χ3v) is 9.81. The highest BCUT2D eigenvalue weighted by atomic mass is 35.5. The Kier molecular flexibility index (Phi) is 6.71. The van der Waals surface area contributed by atoms with Gasteiger partial charge in [-0.1, -0.05) is 29.3 Å². The van der Waals surface area contributed by atoms with Crippen molar-refractivity contribution in [2.45, 2.75) is 22.4 Å². The topological polar surface area (TPSA) is 120 Å². The standard InChI is InChI=1S/C23H19ClN2O6S3/c1-14-3-5-17-18(9-14)19(34(2,29)30)12-26(23(17)28)21-7-4-15(11-25-21)10-16(27)13-35(31,32)22-8-6-20(24)33-22/h3-9,11-12H,10,13H2,1-2H3. The summed E-state index contributed by atoms with van der Waals surface area (Å²) in [4.78, 5) is 29.7. The van der Waals surface area contributed by atoms with Gasteiger partial charge < -0.3 is 0 Å². The fourth-order valence-electron chi connectivity index (χ4n) is 3.58. The van der Waals surface area contributed by atoms with Crippen LogP contribution >= 0.6 is 22.9 Å². The number of ketones is 1. The lowest BCUT2D eigenvalue weighted by molar-refractivity contribution is -0.116. The van der Waals surface area contributed by atoms with Crippen molar-refractivity contribution in [2.75, 3.05) is 12.0 Å². The number of halogens is 1. The van der Waals surface area contributed by atoms with Crippen molar-refractivity contribution in [2.24, 2.45) is 0 Å². The number of carbonyl (C=O) groups excluding carboxylic acids is 1. The van der Waals surface area contributed by atoms with E-state index in [2.05, 4.69) is 4.98 Å². The summed E-state index contributed by atoms with van der Waals surface area (Å²) in [5, 5.41) is 0.572. The minimum atomic E-state index is -3.80. The van der Waals surface area contributed by atoms with Gasteiger partial charge in [0.1, 0.15) is 15.8 Å². The molecule has 4 rings (SSSR count). The second-order valence-electron chi connectivity index (χ2n) is 8.05. The molecular weight excluding hydrogens is 532 g/mol. The molecule has 0 N–H and O–H groups in total. The van der Waals surface area contributed by atoms with Crippen LogP contribution in [0.5, 0.6) is 0 Å². The van der Waals surface area contributed by atoms with Gasteiger partial charge in [0.2, 0.25) is 0 Å². The second-order valence-corrected chi connectivity index (χ2v) is 14.0. The molecule has 0 aliphatic heterocycles. The number of aryl methyl sites for hydroxylation is 1. The van der Waals surface area contributed by atoms with Gasteiger partial charge in [-0.25, -0.2) is 21.8 Å². The number of benzene rings is 1. The Labute approximate surface area is 210 Å². The van der Waals surface area contributed by atoms with Gasteiger partial charge in [-0.2, -0.15) is 0 Å². The van der Waals surface area contributed by atoms with Crippen LogP contribution in [0, 0.1) is 6.92 Å². The Hall–Kier alpha value is -2.86. The Balaban J connectivity index is 1.63. The first-order chi connectivity index (χ1) is 16.3. The average Bonchev–Trinajstić information content (AvgIpc) is 3.21. The molecule has 3 heterocycles. The number of aromatic nitrogens is 2. The predicted molar refractivity (Wildman–Crippen MR) is 135 cm³/mol. The minimum absolute atomic E-state index is 0.00394. The summed E-state index contributed by atoms with van der Waals surface area (Å²) < 4.78 is 51.1. The zero-order valence-corrected chi connectivity index (χ0v) is 21.8. The fourth-order valence-corrected chi connectivity index (χ4v) is 7.26. The number of hydrogen-bond donors (Lipinski definition) is 0. The Morgan fingerprint density at radius 2 is 1.80 bits per heavy atom. The lowest BCUT2D eigenvalue weighted by Gasteiger charge is -2.12. The van der Waals surface area contributed by atoms with Crippen molar-refractivity contribution in [3.63, 3.8) is 0 Å². The number of nitrogens with zero attached hydrogens (tertiary/aromatic N) is 2. The Morgan fingerprint density at radius 1 is 1.06 bits per heavy atom. The first-order valence-electron chi connectivity index (χ1n) is 10.2. The van der Waals surface area contributed by atoms with Crippen LogP contribution in [0.2, 0.25) is 4.34 Å². The van der Waals surface area contributed by atoms with E-state index in [4.69, 9.17) is 11.6 Å². The molecule has 0 aliphatic rings. The lowest BCUT2D eigenvalue weighted by Crippen LogP contribution is -2.21. The number of pyridine rings is 2. The number of thiophene rings is 1. The van der Waals surface area contributed by atoms with Gasteiger partial charge >= 0.3 is 0 Å². The monoisotopic (exact) mass is 550 g/mol. The maximum absolute atomic E-state index is 13.1. The van der Waals surface area contributed by atoms with E-state index in [9.17, 15) is 26.4 Å². The highest BCUT2D eigenvalue weighted by Crippen LogP contribution is 2.27. The summed E-state index contributed by atoms with van der Waals surface area (Å²) in [5.41, 5.74) is 0.825. The molecule has 1 aromatic carbocycles. The zero-order valence-electron chi connectivity index (χ0n) is 18.6. The van der Waals surface area contributed by atoms with E-state index in [0.29, 0.717) is 15.3 Å². The molecule has 0 bridgehead atoms. The van der Waals surface area contributed by atoms with E-state index in [1.807, 2.05) is 0 Å². The molecule has 0 saturated heterocycles. The quantitative estimate of drug-likeness (QED) is 0.346. The van der Waals surface area contributed by atoms with Gasteiger partial charge in [0.25, 0.3) is 5.56 Å². The van der Waals surface area contributed by atoms with Crippen LogP contribution in [0.1, 0.15) is 11.1 Å². The third-order valence-electron chi connectivity index (χ3n) is 5.20. The van der Waals surface area contributed by atoms with E-state index in [1.165, 1.54) is 30.6 Å². The van der Waals surface area contributed by atoms with Gasteiger partial charge in [0.15, 0.2) is 25.5 Å². The summed E-state index contributed by atoms with van der Waals surface area (Å²) in [6, 6.07) is 10.8. The highest BCUT2D eigenvalue weighted by Gasteiger charge is 2.22. The molecule has 0 spiro atoms. The smallest absolute Gasteiger partial charge is 0.264 e. The molecule has 35 heavy (non-hydrogen) atoms. The van der Waals surface area contributed by atoms with Crippen molar-refractivity contribution in [1.29, 1.82) is 0 Å². The number of hydrogen-bond acceptors (Lipinski definition) is 8. The van der Waals surface area contributed by atoms with Gasteiger partial charge in [0, 0.05) is 35.8 Å². The van der Waals surface area contributed by atoms with E-state index in [0.717, 1.165) is 27.7 Å². The lowest BCUT2D eigenvalue weighted by atomic mass is 10.1. The van der Waals surface area contributed by atoms with Crippen LogP contribution in [-0.2, 0) is 30.9 Å². The van der Waals surface area contributed by atoms with Crippen molar-refractivity contribution < 1.29 is 21.6 Å². The Morgan fingerprint density at radius 3 is 2.40 bits per heavy atom. The van der Waals surface area contributed by atoms with Gasteiger partial charge in [-0.05, 0) is 42.8 Å². The van der Waals surface area contributed by atoms with Crippen LogP contribution in [0.3, 0.4) is 0 Å². The molecule has 4 aromatic rings. The number of carbonyl (C=O) groups is 1. The number of fused-ring (bicyclic) bond motifs is 1. The first kappa shape index (κ1) is 25.2. The third kappa shape index (κ3) is 5.37. The largest absolute Gasteiger partial charge is 0.298 e. The molecule has 0 unspecified atom stereocenters. The molecule has 182 valence electrons. The molecule has 0 fully saturated rings. The molecule has 0 saturated carbocycles. The number of sulfone groups is 2. The van der Waals surface area contributed by atoms with Gasteiger partial charge in [-0.3, -0.25) is 14.2 Å². The van der Waals surface area contributed by atoms with Gasteiger partial charge in [-0.15, -0.1) is 11.3 Å². The van der Waals surface area contributed by atoms with E-state index < -0.39 is 36.8 Å². The van der Waals surface area contributed by atoms with E-state index in [-0.39, 0.29) is 26.7 Å². The normalized spacial score (nSPS) is 12.2. The maximum Gasteiger partial charge on any atom is 0.264 e. The molecule has 8 nitrogen and oxygen atoms in total. The van der Waals surface area contributed by atoms with Crippen molar-refractivity contribution in [3.05, 3.63) is 80.7 Å². The SMILES string of the molecule is Cc1ccc2c(=O)n(-c3ccc(CC(=O)CS(=O)(=O)c4ccc(Cl)s4)cn3)cc(S(C)(=O)=O)c2c1. The van der Waals surface area contributed by atoms with Crippen molar-refractivity contribution in [3.8, 4) is 5.82 Å². The predicted octanol–water partition coefficient (Wildman–Crippen LogP) is 3.40. The van der Waals surface area contributed by atoms with Crippen LogP contribution in [-0.4, -0.2) is 44.2 Å². The maximum atomic E-state index is 13.1. The van der Waals surface area contributed by atoms with Crippen LogP contribution in [0.25, 0.3) is 16.6 Å². The molecule has 0 atom stereocenters. The van der Waals surface area contributed by atoms with Crippen molar-refractivity contribution >= 4 is 59.2 Å². The van der Waals surface area contributed by atoms with Crippen LogP contribution in [0.15, 0.2) is 68.8 Å². The minimum Gasteiger partial charge on any atom is -0.298 e. The van der Waals surface area contributed by atoms with Crippen molar-refractivity contribution in [1.82, 2.24) is 9.55 Å². The average molecular weight is 551 g/mol. The summed E-state index contributed by atoms with van der Waals surface area (Å²) in [5.74, 6) is -1.03. The molecule has 0 amide bonds. The molecule has 12 heteroatoms. The highest BCUT2D eigenvalue weighted by molar-refractivity contribution is 7.94. The van der Waals surface area contributed by atoms with E-state index in [1.54, 1.807) is 31.2 Å². The summed E-state index contributed by atoms with van der Waals surface area (Å²) in [7, 11) is -7.45. The second kappa shape index (κ2) is 9.30.